The number of hydrogen-bond acceptors (Lipinski definition) is 4. The smallest absolute Gasteiger partial charge is 0.271 e. The van der Waals surface area contributed by atoms with Crippen LogP contribution in [0.2, 0.25) is 0 Å². The van der Waals surface area contributed by atoms with E-state index in [0.717, 1.165) is 0 Å². The van der Waals surface area contributed by atoms with E-state index in [-0.39, 0.29) is 29.2 Å². The molecule has 0 saturated carbocycles. The first-order chi connectivity index (χ1) is 14.2. The molecule has 4 rings (SSSR count). The molecule has 1 heterocycles. The van der Waals surface area contributed by atoms with Crippen molar-refractivity contribution in [2.75, 3.05) is 4.90 Å². The average molecular weight is 408 g/mol. The zero-order chi connectivity index (χ0) is 21.6. The van der Waals surface area contributed by atoms with E-state index in [1.807, 2.05) is 13.8 Å². The van der Waals surface area contributed by atoms with Gasteiger partial charge >= 0.3 is 0 Å². The lowest BCUT2D eigenvalue weighted by atomic mass is 9.69. The van der Waals surface area contributed by atoms with E-state index in [1.165, 1.54) is 35.2 Å². The summed E-state index contributed by atoms with van der Waals surface area (Å²) >= 11 is 0. The summed E-state index contributed by atoms with van der Waals surface area (Å²) < 4.78 is 13.9. The molecule has 1 unspecified atom stereocenters. The molecule has 1 aliphatic heterocycles. The predicted octanol–water partition coefficient (Wildman–Crippen LogP) is 4.90. The largest absolute Gasteiger partial charge is 0.294 e. The van der Waals surface area contributed by atoms with Crippen LogP contribution in [-0.4, -0.2) is 16.6 Å². The molecule has 1 atom stereocenters. The number of nitrogens with zero attached hydrogens (tertiary/aromatic N) is 2. The minimum Gasteiger partial charge on any atom is -0.294 e. The number of amides is 1. The van der Waals surface area contributed by atoms with Crippen LogP contribution in [0.1, 0.15) is 44.6 Å². The van der Waals surface area contributed by atoms with Crippen LogP contribution >= 0.6 is 0 Å². The molecule has 2 aliphatic rings. The van der Waals surface area contributed by atoms with Crippen LogP contribution in [-0.2, 0) is 9.59 Å². The van der Waals surface area contributed by atoms with Gasteiger partial charge in [-0.2, -0.15) is 0 Å². The molecular weight excluding hydrogens is 387 g/mol. The van der Waals surface area contributed by atoms with E-state index in [1.54, 1.807) is 18.2 Å². The Morgan fingerprint density at radius 3 is 2.53 bits per heavy atom. The average Bonchev–Trinajstić information content (AvgIpc) is 2.66. The van der Waals surface area contributed by atoms with Gasteiger partial charge in [-0.15, -0.1) is 0 Å². The van der Waals surface area contributed by atoms with E-state index >= 15 is 0 Å². The van der Waals surface area contributed by atoms with Gasteiger partial charge in [-0.3, -0.25) is 24.6 Å². The fourth-order valence-corrected chi connectivity index (χ4v) is 4.47. The summed E-state index contributed by atoms with van der Waals surface area (Å²) in [6, 6.07) is 11.8. The van der Waals surface area contributed by atoms with Crippen molar-refractivity contribution in [1.82, 2.24) is 0 Å². The van der Waals surface area contributed by atoms with E-state index in [9.17, 15) is 24.1 Å². The highest BCUT2D eigenvalue weighted by Crippen LogP contribution is 2.48. The van der Waals surface area contributed by atoms with Crippen molar-refractivity contribution in [3.8, 4) is 0 Å². The van der Waals surface area contributed by atoms with Crippen molar-refractivity contribution in [1.29, 1.82) is 0 Å². The van der Waals surface area contributed by atoms with Gasteiger partial charge in [0.25, 0.3) is 5.69 Å². The third-order valence-corrected chi connectivity index (χ3v) is 5.69. The van der Waals surface area contributed by atoms with Gasteiger partial charge in [0, 0.05) is 42.2 Å². The number of benzene rings is 2. The van der Waals surface area contributed by atoms with Crippen LogP contribution in [0.3, 0.4) is 0 Å². The van der Waals surface area contributed by atoms with Gasteiger partial charge in [-0.25, -0.2) is 4.39 Å². The lowest BCUT2D eigenvalue weighted by molar-refractivity contribution is -0.384. The summed E-state index contributed by atoms with van der Waals surface area (Å²) in [5.41, 5.74) is 1.52. The summed E-state index contributed by atoms with van der Waals surface area (Å²) in [5.74, 6) is -1.29. The van der Waals surface area contributed by atoms with Gasteiger partial charge in [-0.05, 0) is 35.6 Å². The molecule has 0 fully saturated rings. The van der Waals surface area contributed by atoms with E-state index < -0.39 is 16.7 Å². The number of carbonyl (C=O) groups excluding carboxylic acids is 2. The number of rotatable bonds is 3. The standard InChI is InChI=1S/C23H21FN2O4/c1-23(2)12-19-22(20(27)13-23)18(14-5-3-6-15(24)9-14)11-21(28)25(19)16-7-4-8-17(10-16)26(29)30/h3-10,18H,11-13H2,1-2H3. The zero-order valence-electron chi connectivity index (χ0n) is 16.7. The number of allylic oxidation sites excluding steroid dienone is 2. The number of hydrogen-bond donors (Lipinski definition) is 0. The number of nitro benzene ring substituents is 1. The SMILES string of the molecule is CC1(C)CC(=O)C2=C(C1)N(c1cccc([N+](=O)[O-])c1)C(=O)CC2c1cccc(F)c1. The first-order valence-corrected chi connectivity index (χ1v) is 9.75. The normalized spacial score (nSPS) is 20.9. The predicted molar refractivity (Wildman–Crippen MR) is 109 cm³/mol. The van der Waals surface area contributed by atoms with Gasteiger partial charge in [0.2, 0.25) is 5.91 Å². The van der Waals surface area contributed by atoms with Crippen molar-refractivity contribution < 1.29 is 18.9 Å². The van der Waals surface area contributed by atoms with Gasteiger partial charge < -0.3 is 0 Å². The lowest BCUT2D eigenvalue weighted by Crippen LogP contribution is -2.43. The Balaban J connectivity index is 1.90. The van der Waals surface area contributed by atoms with Crippen molar-refractivity contribution >= 4 is 23.1 Å². The maximum Gasteiger partial charge on any atom is 0.271 e. The minimum absolute atomic E-state index is 0.00283. The molecule has 154 valence electrons. The molecule has 0 saturated heterocycles. The molecule has 2 aromatic carbocycles. The molecule has 6 nitrogen and oxygen atoms in total. The van der Waals surface area contributed by atoms with Crippen molar-refractivity contribution in [2.24, 2.45) is 5.41 Å². The third-order valence-electron chi connectivity index (χ3n) is 5.69. The Hall–Kier alpha value is -3.35. The van der Waals surface area contributed by atoms with Crippen LogP contribution in [0.15, 0.2) is 59.8 Å². The quantitative estimate of drug-likeness (QED) is 0.535. The molecule has 0 N–H and O–H groups in total. The molecule has 1 aliphatic carbocycles. The summed E-state index contributed by atoms with van der Waals surface area (Å²) in [6.45, 7) is 3.91. The molecule has 0 aromatic heterocycles. The summed E-state index contributed by atoms with van der Waals surface area (Å²) in [7, 11) is 0. The fourth-order valence-electron chi connectivity index (χ4n) is 4.47. The fraction of sp³-hybridized carbons (Fsp3) is 0.304. The van der Waals surface area contributed by atoms with Crippen LogP contribution in [0.5, 0.6) is 0 Å². The molecule has 0 spiro atoms. The van der Waals surface area contributed by atoms with Crippen LogP contribution in [0, 0.1) is 21.3 Å². The molecular formula is C23H21FN2O4. The second kappa shape index (κ2) is 7.16. The Kier molecular flexibility index (Phi) is 4.76. The topological polar surface area (TPSA) is 80.5 Å². The van der Waals surface area contributed by atoms with Crippen LogP contribution in [0.25, 0.3) is 0 Å². The highest BCUT2D eigenvalue weighted by Gasteiger charge is 2.44. The van der Waals surface area contributed by atoms with Crippen LogP contribution in [0.4, 0.5) is 15.8 Å². The number of Topliss-reactive ketones (excluding diaryl/α,β-unsaturated/α-hetero) is 1. The summed E-state index contributed by atoms with van der Waals surface area (Å²) in [4.78, 5) is 38.6. The van der Waals surface area contributed by atoms with Crippen LogP contribution < -0.4 is 4.90 Å². The zero-order valence-corrected chi connectivity index (χ0v) is 16.7. The number of anilines is 1. The lowest BCUT2D eigenvalue weighted by Gasteiger charge is -2.42. The molecule has 1 amide bonds. The monoisotopic (exact) mass is 408 g/mol. The third kappa shape index (κ3) is 3.51. The first-order valence-electron chi connectivity index (χ1n) is 9.75. The van der Waals surface area contributed by atoms with Crippen molar-refractivity contribution in [3.05, 3.63) is 81.3 Å². The Morgan fingerprint density at radius 2 is 1.83 bits per heavy atom. The van der Waals surface area contributed by atoms with E-state index in [2.05, 4.69) is 0 Å². The highest BCUT2D eigenvalue weighted by atomic mass is 19.1. The first kappa shape index (κ1) is 19.9. The highest BCUT2D eigenvalue weighted by molar-refractivity contribution is 6.07. The maximum absolute atomic E-state index is 13.9. The van der Waals surface area contributed by atoms with E-state index in [4.69, 9.17) is 0 Å². The molecule has 0 radical (unpaired) electrons. The van der Waals surface area contributed by atoms with Gasteiger partial charge in [0.05, 0.1) is 10.6 Å². The maximum atomic E-state index is 13.9. The molecule has 0 bridgehead atoms. The summed E-state index contributed by atoms with van der Waals surface area (Å²) in [6.07, 6.45) is 0.792. The number of ketones is 1. The molecule has 7 heteroatoms. The molecule has 2 aromatic rings. The second-order valence-corrected chi connectivity index (χ2v) is 8.62. The van der Waals surface area contributed by atoms with Crippen molar-refractivity contribution in [2.45, 2.75) is 39.0 Å². The van der Waals surface area contributed by atoms with Gasteiger partial charge in [-0.1, -0.05) is 32.0 Å². The number of carbonyl (C=O) groups is 2. The Morgan fingerprint density at radius 1 is 1.10 bits per heavy atom. The number of nitro groups is 1. The number of halogens is 1. The second-order valence-electron chi connectivity index (χ2n) is 8.62. The minimum atomic E-state index is -0.526. The Labute approximate surface area is 173 Å². The van der Waals surface area contributed by atoms with Crippen molar-refractivity contribution in [3.63, 3.8) is 0 Å². The van der Waals surface area contributed by atoms with E-state index in [0.29, 0.717) is 35.4 Å². The number of non-ortho nitro benzene ring substituents is 1. The van der Waals surface area contributed by atoms with Gasteiger partial charge in [0.15, 0.2) is 5.78 Å². The molecule has 30 heavy (non-hydrogen) atoms. The Bertz CT molecular complexity index is 1110. The summed E-state index contributed by atoms with van der Waals surface area (Å²) in [5, 5.41) is 11.2. The van der Waals surface area contributed by atoms with Gasteiger partial charge in [0.1, 0.15) is 5.82 Å².